The molecule has 0 saturated carbocycles. The summed E-state index contributed by atoms with van der Waals surface area (Å²) >= 11 is 4.82. The number of hydrogen-bond acceptors (Lipinski definition) is 5. The molecule has 0 unspecified atom stereocenters. The number of ether oxygens (including phenoxy) is 1. The second-order valence-corrected chi connectivity index (χ2v) is 6.45. The third kappa shape index (κ3) is 5.16. The summed E-state index contributed by atoms with van der Waals surface area (Å²) in [4.78, 5) is 15.1. The monoisotopic (exact) mass is 359 g/mol. The van der Waals surface area contributed by atoms with Crippen LogP contribution in [0.3, 0.4) is 0 Å². The first-order chi connectivity index (χ1) is 11.0. The Labute approximate surface area is 142 Å². The van der Waals surface area contributed by atoms with Gasteiger partial charge < -0.3 is 14.6 Å². The number of carbonyl (C=O) groups is 1. The molecule has 0 bridgehead atoms. The van der Waals surface area contributed by atoms with E-state index in [0.717, 1.165) is 5.56 Å². The SMILES string of the molecule is CC(C)(C)OC(=O)NCc1ccc(-c2noc(C(F)(F)Cl)n2)cc1. The number of nitrogens with zero attached hydrogens (tertiary/aromatic N) is 2. The fourth-order valence-electron chi connectivity index (χ4n) is 1.72. The van der Waals surface area contributed by atoms with E-state index in [1.165, 1.54) is 0 Å². The number of alkyl halides is 3. The van der Waals surface area contributed by atoms with Crippen LogP contribution in [0.15, 0.2) is 28.8 Å². The van der Waals surface area contributed by atoms with Crippen LogP contribution in [0.5, 0.6) is 0 Å². The maximum absolute atomic E-state index is 12.9. The predicted octanol–water partition coefficient (Wildman–Crippen LogP) is 4.05. The van der Waals surface area contributed by atoms with Crippen molar-refractivity contribution in [1.82, 2.24) is 15.5 Å². The molecule has 9 heteroatoms. The zero-order valence-corrected chi connectivity index (χ0v) is 14.0. The van der Waals surface area contributed by atoms with Gasteiger partial charge in [0.05, 0.1) is 0 Å². The van der Waals surface area contributed by atoms with Gasteiger partial charge >= 0.3 is 17.4 Å². The first-order valence-electron chi connectivity index (χ1n) is 7.02. The van der Waals surface area contributed by atoms with E-state index in [1.807, 2.05) is 0 Å². The number of hydrogen-bond donors (Lipinski definition) is 1. The Bertz CT molecular complexity index is 706. The standard InChI is InChI=1S/C15H16ClF2N3O3/c1-14(2,3)23-13(22)19-8-9-4-6-10(7-5-9)11-20-12(24-21-11)15(16,17)18/h4-7H,8H2,1-3H3,(H,19,22). The fraction of sp³-hybridized carbons (Fsp3) is 0.400. The first kappa shape index (κ1) is 18.1. The van der Waals surface area contributed by atoms with Crippen molar-refractivity contribution in [2.75, 3.05) is 0 Å². The van der Waals surface area contributed by atoms with Crippen LogP contribution in [0.1, 0.15) is 32.2 Å². The van der Waals surface area contributed by atoms with Crippen molar-refractivity contribution >= 4 is 17.7 Å². The lowest BCUT2D eigenvalue weighted by Crippen LogP contribution is -2.32. The van der Waals surface area contributed by atoms with Crippen LogP contribution in [-0.2, 0) is 16.7 Å². The third-order valence-electron chi connectivity index (χ3n) is 2.72. The van der Waals surface area contributed by atoms with Gasteiger partial charge in [0.1, 0.15) is 5.60 Å². The number of rotatable bonds is 4. The van der Waals surface area contributed by atoms with E-state index < -0.39 is 23.0 Å². The highest BCUT2D eigenvalue weighted by molar-refractivity contribution is 6.21. The predicted molar refractivity (Wildman–Crippen MR) is 82.6 cm³/mol. The third-order valence-corrected chi connectivity index (χ3v) is 2.88. The number of aromatic nitrogens is 2. The smallest absolute Gasteiger partial charge is 0.407 e. The molecule has 0 atom stereocenters. The van der Waals surface area contributed by atoms with E-state index in [9.17, 15) is 13.6 Å². The van der Waals surface area contributed by atoms with Crippen LogP contribution in [0.25, 0.3) is 11.4 Å². The summed E-state index contributed by atoms with van der Waals surface area (Å²) in [5, 5.41) is 2.36. The Balaban J connectivity index is 1.98. The molecule has 0 spiro atoms. The second-order valence-electron chi connectivity index (χ2n) is 5.97. The van der Waals surface area contributed by atoms with Crippen LogP contribution in [0.4, 0.5) is 13.6 Å². The van der Waals surface area contributed by atoms with Gasteiger partial charge in [0.15, 0.2) is 0 Å². The molecule has 0 aliphatic carbocycles. The minimum absolute atomic E-state index is 0.00280. The largest absolute Gasteiger partial charge is 0.444 e. The molecule has 1 heterocycles. The van der Waals surface area contributed by atoms with Crippen LogP contribution in [0, 0.1) is 0 Å². The summed E-state index contributed by atoms with van der Waals surface area (Å²) in [6, 6.07) is 6.63. The lowest BCUT2D eigenvalue weighted by molar-refractivity contribution is 0.0522. The Morgan fingerprint density at radius 1 is 1.29 bits per heavy atom. The lowest BCUT2D eigenvalue weighted by atomic mass is 10.1. The Hall–Kier alpha value is -2.22. The van der Waals surface area contributed by atoms with Crippen molar-refractivity contribution in [3.05, 3.63) is 35.7 Å². The number of carbonyl (C=O) groups excluding carboxylic acids is 1. The maximum atomic E-state index is 12.9. The zero-order valence-electron chi connectivity index (χ0n) is 13.3. The van der Waals surface area contributed by atoms with Gasteiger partial charge in [-0.1, -0.05) is 29.4 Å². The zero-order chi connectivity index (χ0) is 18.0. The Morgan fingerprint density at radius 3 is 2.42 bits per heavy atom. The normalized spacial score (nSPS) is 12.1. The molecule has 0 radical (unpaired) electrons. The number of nitrogens with one attached hydrogen (secondary N) is 1. The summed E-state index contributed by atoms with van der Waals surface area (Å²) in [6.45, 7) is 5.56. The Morgan fingerprint density at radius 2 is 1.92 bits per heavy atom. The van der Waals surface area contributed by atoms with Gasteiger partial charge in [0.25, 0.3) is 0 Å². The van der Waals surface area contributed by atoms with Crippen molar-refractivity contribution in [1.29, 1.82) is 0 Å². The molecule has 0 fully saturated rings. The molecule has 1 aromatic heterocycles. The molecule has 1 amide bonds. The summed E-state index contributed by atoms with van der Waals surface area (Å²) in [7, 11) is 0. The van der Waals surface area contributed by atoms with Gasteiger partial charge in [0, 0.05) is 12.1 Å². The second kappa shape index (κ2) is 6.72. The summed E-state index contributed by atoms with van der Waals surface area (Å²) in [5.74, 6) is -0.966. The number of benzene rings is 1. The van der Waals surface area contributed by atoms with Gasteiger partial charge in [-0.15, -0.1) is 0 Å². The quantitative estimate of drug-likeness (QED) is 0.833. The topological polar surface area (TPSA) is 77.2 Å². The first-order valence-corrected chi connectivity index (χ1v) is 7.39. The molecule has 1 N–H and O–H groups in total. The molecule has 0 aliphatic heterocycles. The summed E-state index contributed by atoms with van der Waals surface area (Å²) in [6.07, 6.45) is -0.529. The van der Waals surface area contributed by atoms with E-state index in [2.05, 4.69) is 20.0 Å². The molecule has 2 rings (SSSR count). The molecular weight excluding hydrogens is 344 g/mol. The van der Waals surface area contributed by atoms with Crippen molar-refractivity contribution in [2.45, 2.75) is 38.3 Å². The molecule has 0 aliphatic rings. The van der Waals surface area contributed by atoms with Crippen LogP contribution < -0.4 is 5.32 Å². The van der Waals surface area contributed by atoms with Crippen molar-refractivity contribution in [2.24, 2.45) is 0 Å². The van der Waals surface area contributed by atoms with E-state index in [1.54, 1.807) is 45.0 Å². The van der Waals surface area contributed by atoms with Gasteiger partial charge in [-0.25, -0.2) is 4.79 Å². The van der Waals surface area contributed by atoms with E-state index >= 15 is 0 Å². The number of alkyl carbamates (subject to hydrolysis) is 1. The highest BCUT2D eigenvalue weighted by atomic mass is 35.5. The summed E-state index contributed by atoms with van der Waals surface area (Å²) < 4.78 is 35.3. The lowest BCUT2D eigenvalue weighted by Gasteiger charge is -2.19. The van der Waals surface area contributed by atoms with Crippen molar-refractivity contribution in [3.63, 3.8) is 0 Å². The van der Waals surface area contributed by atoms with E-state index in [0.29, 0.717) is 5.56 Å². The van der Waals surface area contributed by atoms with Crippen molar-refractivity contribution in [3.8, 4) is 11.4 Å². The molecule has 1 aromatic carbocycles. The molecule has 24 heavy (non-hydrogen) atoms. The highest BCUT2D eigenvalue weighted by Gasteiger charge is 2.35. The molecule has 0 saturated heterocycles. The molecule has 130 valence electrons. The van der Waals surface area contributed by atoms with Crippen LogP contribution in [-0.4, -0.2) is 21.8 Å². The van der Waals surface area contributed by atoms with Gasteiger partial charge in [0.2, 0.25) is 5.82 Å². The number of amides is 1. The molecule has 2 aromatic rings. The average molecular weight is 360 g/mol. The van der Waals surface area contributed by atoms with E-state index in [4.69, 9.17) is 16.3 Å². The van der Waals surface area contributed by atoms with Crippen LogP contribution >= 0.6 is 11.6 Å². The van der Waals surface area contributed by atoms with Gasteiger partial charge in [-0.2, -0.15) is 13.8 Å². The fourth-order valence-corrected chi connectivity index (χ4v) is 1.79. The van der Waals surface area contributed by atoms with Crippen molar-refractivity contribution < 1.29 is 22.8 Å². The minimum Gasteiger partial charge on any atom is -0.444 e. The average Bonchev–Trinajstić information content (AvgIpc) is 2.93. The number of halogens is 3. The maximum Gasteiger partial charge on any atom is 0.407 e. The van der Waals surface area contributed by atoms with Crippen LogP contribution in [0.2, 0.25) is 0 Å². The van der Waals surface area contributed by atoms with E-state index in [-0.39, 0.29) is 12.4 Å². The van der Waals surface area contributed by atoms with Gasteiger partial charge in [-0.05, 0) is 37.9 Å². The highest BCUT2D eigenvalue weighted by Crippen LogP contribution is 2.32. The van der Waals surface area contributed by atoms with Gasteiger partial charge in [-0.3, -0.25) is 0 Å². The molecular formula is C15H16ClF2N3O3. The molecule has 6 nitrogen and oxygen atoms in total. The summed E-state index contributed by atoms with van der Waals surface area (Å²) in [5.41, 5.74) is 0.692. The minimum atomic E-state index is -3.71. The Kier molecular flexibility index (Phi) is 5.08.